The van der Waals surface area contributed by atoms with Crippen LogP contribution in [0.3, 0.4) is 0 Å². The number of carboxylic acid groups (broad SMARTS) is 1. The van der Waals surface area contributed by atoms with Crippen molar-refractivity contribution >= 4 is 17.6 Å². The number of aliphatic carboxylic acids is 1. The monoisotopic (exact) mass is 257 g/mol. The topological polar surface area (TPSA) is 84.9 Å². The summed E-state index contributed by atoms with van der Waals surface area (Å²) in [4.78, 5) is 21.5. The molecule has 0 radical (unpaired) electrons. The van der Waals surface area contributed by atoms with Crippen LogP contribution in [0, 0.1) is 5.82 Å². The fourth-order valence-corrected chi connectivity index (χ4v) is 1.17. The summed E-state index contributed by atoms with van der Waals surface area (Å²) in [5, 5.41) is 10.7. The van der Waals surface area contributed by atoms with Gasteiger partial charge in [0.25, 0.3) is 0 Å². The molecule has 0 aliphatic rings. The highest BCUT2D eigenvalue weighted by atomic mass is 19.1. The van der Waals surface area contributed by atoms with Gasteiger partial charge in [0.1, 0.15) is 13.2 Å². The van der Waals surface area contributed by atoms with Gasteiger partial charge in [-0.1, -0.05) is 0 Å². The van der Waals surface area contributed by atoms with E-state index < -0.39 is 30.9 Å². The summed E-state index contributed by atoms with van der Waals surface area (Å²) in [5.41, 5.74) is 0.331. The summed E-state index contributed by atoms with van der Waals surface area (Å²) in [7, 11) is 1.31. The Morgan fingerprint density at radius 2 is 2.11 bits per heavy atom. The number of amides is 1. The highest BCUT2D eigenvalue weighted by molar-refractivity contribution is 5.92. The maximum absolute atomic E-state index is 13.1. The first-order valence-corrected chi connectivity index (χ1v) is 4.96. The molecule has 0 heterocycles. The Kier molecular flexibility index (Phi) is 5.06. The van der Waals surface area contributed by atoms with E-state index in [1.807, 2.05) is 0 Å². The number of carboxylic acids is 1. The lowest BCUT2D eigenvalue weighted by atomic mass is 10.3. The van der Waals surface area contributed by atoms with Gasteiger partial charge in [0.05, 0.1) is 7.11 Å². The van der Waals surface area contributed by atoms with Gasteiger partial charge in [0, 0.05) is 11.8 Å². The van der Waals surface area contributed by atoms with Crippen LogP contribution < -0.4 is 10.1 Å². The minimum Gasteiger partial charge on any atom is -0.494 e. The number of rotatable bonds is 6. The minimum absolute atomic E-state index is 0.000690. The molecule has 0 saturated carbocycles. The second kappa shape index (κ2) is 6.55. The van der Waals surface area contributed by atoms with Crippen LogP contribution in [0.2, 0.25) is 0 Å². The molecule has 1 rings (SSSR count). The molecular weight excluding hydrogens is 245 g/mol. The van der Waals surface area contributed by atoms with Gasteiger partial charge >= 0.3 is 5.97 Å². The number of nitrogens with one attached hydrogen (secondary N) is 1. The van der Waals surface area contributed by atoms with E-state index in [4.69, 9.17) is 9.84 Å². The van der Waals surface area contributed by atoms with Crippen LogP contribution in [-0.4, -0.2) is 37.3 Å². The third-order valence-electron chi connectivity index (χ3n) is 1.89. The molecule has 1 aromatic rings. The molecule has 1 amide bonds. The normalized spacial score (nSPS) is 9.89. The van der Waals surface area contributed by atoms with Gasteiger partial charge in [-0.25, -0.2) is 9.18 Å². The zero-order chi connectivity index (χ0) is 13.5. The molecule has 0 bridgehead atoms. The third kappa shape index (κ3) is 4.38. The SMILES string of the molecule is COc1cc(NC(=O)COCC(=O)O)ccc1F. The van der Waals surface area contributed by atoms with Crippen molar-refractivity contribution in [3.8, 4) is 5.75 Å². The van der Waals surface area contributed by atoms with Crippen LogP contribution in [0.5, 0.6) is 5.75 Å². The van der Waals surface area contributed by atoms with E-state index in [0.29, 0.717) is 5.69 Å². The van der Waals surface area contributed by atoms with E-state index >= 15 is 0 Å². The molecule has 0 atom stereocenters. The largest absolute Gasteiger partial charge is 0.494 e. The smallest absolute Gasteiger partial charge is 0.329 e. The van der Waals surface area contributed by atoms with Gasteiger partial charge in [-0.2, -0.15) is 0 Å². The van der Waals surface area contributed by atoms with E-state index in [2.05, 4.69) is 10.1 Å². The van der Waals surface area contributed by atoms with Crippen molar-refractivity contribution in [2.24, 2.45) is 0 Å². The maximum atomic E-state index is 13.1. The molecule has 0 fully saturated rings. The quantitative estimate of drug-likeness (QED) is 0.790. The van der Waals surface area contributed by atoms with E-state index in [-0.39, 0.29) is 5.75 Å². The van der Waals surface area contributed by atoms with Crippen LogP contribution in [0.25, 0.3) is 0 Å². The lowest BCUT2D eigenvalue weighted by Gasteiger charge is -2.07. The Morgan fingerprint density at radius 3 is 2.72 bits per heavy atom. The zero-order valence-corrected chi connectivity index (χ0v) is 9.60. The predicted octanol–water partition coefficient (Wildman–Crippen LogP) is 0.874. The summed E-state index contributed by atoms with van der Waals surface area (Å²) in [5.74, 6) is -2.24. The summed E-state index contributed by atoms with van der Waals surface area (Å²) in [6.07, 6.45) is 0. The van der Waals surface area contributed by atoms with Gasteiger partial charge in [0.15, 0.2) is 11.6 Å². The Balaban J connectivity index is 2.51. The number of carbonyl (C=O) groups is 2. The first kappa shape index (κ1) is 13.9. The molecule has 0 aromatic heterocycles. The zero-order valence-electron chi connectivity index (χ0n) is 9.60. The number of halogens is 1. The maximum Gasteiger partial charge on any atom is 0.329 e. The second-order valence-corrected chi connectivity index (χ2v) is 3.28. The van der Waals surface area contributed by atoms with Crippen LogP contribution >= 0.6 is 0 Å². The van der Waals surface area contributed by atoms with Gasteiger partial charge in [-0.05, 0) is 12.1 Å². The van der Waals surface area contributed by atoms with Crippen molar-refractivity contribution in [2.75, 3.05) is 25.6 Å². The third-order valence-corrected chi connectivity index (χ3v) is 1.89. The molecule has 18 heavy (non-hydrogen) atoms. The number of methoxy groups -OCH3 is 1. The van der Waals surface area contributed by atoms with Crippen LogP contribution in [0.4, 0.5) is 10.1 Å². The second-order valence-electron chi connectivity index (χ2n) is 3.28. The first-order chi connectivity index (χ1) is 8.52. The molecule has 98 valence electrons. The fraction of sp³-hybridized carbons (Fsp3) is 0.273. The molecule has 1 aromatic carbocycles. The minimum atomic E-state index is -1.16. The Labute approximate surface area is 102 Å². The number of anilines is 1. The molecule has 0 saturated heterocycles. The number of benzene rings is 1. The Hall–Kier alpha value is -2.15. The van der Waals surface area contributed by atoms with Gasteiger partial charge in [-0.15, -0.1) is 0 Å². The van der Waals surface area contributed by atoms with Crippen LogP contribution in [0.15, 0.2) is 18.2 Å². The van der Waals surface area contributed by atoms with Crippen molar-refractivity contribution in [3.63, 3.8) is 0 Å². The average Bonchev–Trinajstić information content (AvgIpc) is 2.31. The number of ether oxygens (including phenoxy) is 2. The van der Waals surface area contributed by atoms with Crippen molar-refractivity contribution in [1.29, 1.82) is 0 Å². The summed E-state index contributed by atoms with van der Waals surface area (Å²) in [6, 6.07) is 3.81. The Morgan fingerprint density at radius 1 is 1.39 bits per heavy atom. The van der Waals surface area contributed by atoms with E-state index in [9.17, 15) is 14.0 Å². The Bertz CT molecular complexity index is 449. The van der Waals surface area contributed by atoms with Gasteiger partial charge in [0.2, 0.25) is 5.91 Å². The lowest BCUT2D eigenvalue weighted by molar-refractivity contribution is -0.143. The van der Waals surface area contributed by atoms with Crippen molar-refractivity contribution in [2.45, 2.75) is 0 Å². The average molecular weight is 257 g/mol. The summed E-state index contributed by atoms with van der Waals surface area (Å²) in [6.45, 7) is -0.952. The molecule has 0 unspecified atom stereocenters. The number of carbonyl (C=O) groups excluding carboxylic acids is 1. The molecule has 0 aliphatic carbocycles. The van der Waals surface area contributed by atoms with Gasteiger partial charge < -0.3 is 19.9 Å². The van der Waals surface area contributed by atoms with Crippen LogP contribution in [-0.2, 0) is 14.3 Å². The number of hydrogen-bond donors (Lipinski definition) is 2. The lowest BCUT2D eigenvalue weighted by Crippen LogP contribution is -2.20. The molecular formula is C11H12FNO5. The van der Waals surface area contributed by atoms with Crippen molar-refractivity contribution in [3.05, 3.63) is 24.0 Å². The molecule has 2 N–H and O–H groups in total. The van der Waals surface area contributed by atoms with Gasteiger partial charge in [-0.3, -0.25) is 4.79 Å². The van der Waals surface area contributed by atoms with Crippen LogP contribution in [0.1, 0.15) is 0 Å². The van der Waals surface area contributed by atoms with E-state index in [1.54, 1.807) is 0 Å². The summed E-state index contributed by atoms with van der Waals surface area (Å²) < 4.78 is 22.4. The molecule has 0 spiro atoms. The summed E-state index contributed by atoms with van der Waals surface area (Å²) >= 11 is 0. The molecule has 6 nitrogen and oxygen atoms in total. The van der Waals surface area contributed by atoms with E-state index in [1.165, 1.54) is 19.2 Å². The highest BCUT2D eigenvalue weighted by Crippen LogP contribution is 2.21. The molecule has 7 heteroatoms. The fourth-order valence-electron chi connectivity index (χ4n) is 1.17. The van der Waals surface area contributed by atoms with Crippen molar-refractivity contribution < 1.29 is 28.6 Å². The van der Waals surface area contributed by atoms with Crippen molar-refractivity contribution in [1.82, 2.24) is 0 Å². The van der Waals surface area contributed by atoms with E-state index in [0.717, 1.165) is 6.07 Å². The predicted molar refractivity (Wildman–Crippen MR) is 60.0 cm³/mol. The molecule has 0 aliphatic heterocycles. The standard InChI is InChI=1S/C11H12FNO5/c1-17-9-4-7(2-3-8(9)12)13-10(14)5-18-6-11(15)16/h2-4H,5-6H2,1H3,(H,13,14)(H,15,16). The highest BCUT2D eigenvalue weighted by Gasteiger charge is 2.07. The number of hydrogen-bond acceptors (Lipinski definition) is 4. The first-order valence-electron chi connectivity index (χ1n) is 4.96.